The largest absolute Gasteiger partial charge is 0.303 e. The van der Waals surface area contributed by atoms with Gasteiger partial charge in [0.2, 0.25) is 0 Å². The van der Waals surface area contributed by atoms with E-state index in [9.17, 15) is 0 Å². The van der Waals surface area contributed by atoms with Crippen LogP contribution in [0.4, 0.5) is 0 Å². The van der Waals surface area contributed by atoms with Crippen molar-refractivity contribution in [2.24, 2.45) is 0 Å². The highest BCUT2D eigenvalue weighted by Crippen LogP contribution is 2.18. The molecule has 2 rings (SSSR count). The molecule has 5 nitrogen and oxygen atoms in total. The van der Waals surface area contributed by atoms with Crippen molar-refractivity contribution in [1.82, 2.24) is 25.9 Å². The summed E-state index contributed by atoms with van der Waals surface area (Å²) in [6.07, 6.45) is 2.24. The summed E-state index contributed by atoms with van der Waals surface area (Å²) in [5, 5.41) is 17.3. The molecule has 0 aliphatic rings. The first kappa shape index (κ1) is 11.7. The molecule has 5 heteroatoms. The molecule has 90 valence electrons. The zero-order chi connectivity index (χ0) is 11.9. The number of hydrogen-bond donors (Lipinski definition) is 2. The molecule has 0 radical (unpaired) electrons. The second-order valence-electron chi connectivity index (χ2n) is 3.96. The van der Waals surface area contributed by atoms with Gasteiger partial charge in [-0.25, -0.2) is 0 Å². The molecule has 0 aliphatic heterocycles. The summed E-state index contributed by atoms with van der Waals surface area (Å²) in [6.45, 7) is 2.82. The maximum absolute atomic E-state index is 3.93. The molecule has 0 fully saturated rings. The Morgan fingerprint density at radius 1 is 1.29 bits per heavy atom. The lowest BCUT2D eigenvalue weighted by Gasteiger charge is -2.17. The van der Waals surface area contributed by atoms with Crippen LogP contribution >= 0.6 is 0 Å². The van der Waals surface area contributed by atoms with Gasteiger partial charge in [0, 0.05) is 6.04 Å². The van der Waals surface area contributed by atoms with Gasteiger partial charge in [-0.2, -0.15) is 5.21 Å². The Hall–Kier alpha value is -1.75. The lowest BCUT2D eigenvalue weighted by Crippen LogP contribution is -2.21. The third-order valence-electron chi connectivity index (χ3n) is 2.68. The van der Waals surface area contributed by atoms with Crippen molar-refractivity contribution in [1.29, 1.82) is 0 Å². The monoisotopic (exact) mass is 231 g/mol. The molecule has 1 unspecified atom stereocenters. The minimum Gasteiger partial charge on any atom is -0.303 e. The number of nitrogens with one attached hydrogen (secondary N) is 2. The number of aromatic nitrogens is 4. The van der Waals surface area contributed by atoms with E-state index < -0.39 is 0 Å². The Morgan fingerprint density at radius 2 is 2.12 bits per heavy atom. The fourth-order valence-electron chi connectivity index (χ4n) is 1.83. The molecular weight excluding hydrogens is 214 g/mol. The molecule has 0 saturated heterocycles. The third kappa shape index (κ3) is 3.35. The highest BCUT2D eigenvalue weighted by Gasteiger charge is 2.10. The van der Waals surface area contributed by atoms with Crippen molar-refractivity contribution in [3.05, 3.63) is 41.7 Å². The van der Waals surface area contributed by atoms with Gasteiger partial charge < -0.3 is 5.32 Å². The molecule has 1 aromatic carbocycles. The van der Waals surface area contributed by atoms with Crippen LogP contribution in [-0.2, 0) is 6.54 Å². The van der Waals surface area contributed by atoms with Crippen molar-refractivity contribution in [2.75, 3.05) is 0 Å². The van der Waals surface area contributed by atoms with Crippen molar-refractivity contribution in [3.8, 4) is 0 Å². The molecule has 1 aromatic heterocycles. The highest BCUT2D eigenvalue weighted by molar-refractivity contribution is 5.18. The van der Waals surface area contributed by atoms with Crippen LogP contribution in [0.5, 0.6) is 0 Å². The van der Waals surface area contributed by atoms with Crippen LogP contribution < -0.4 is 5.32 Å². The van der Waals surface area contributed by atoms with Crippen LogP contribution in [0.1, 0.15) is 37.2 Å². The molecule has 1 heterocycles. The number of hydrogen-bond acceptors (Lipinski definition) is 4. The fraction of sp³-hybridized carbons (Fsp3) is 0.417. The van der Waals surface area contributed by atoms with E-state index in [0.29, 0.717) is 18.4 Å². The van der Waals surface area contributed by atoms with Crippen LogP contribution in [-0.4, -0.2) is 20.6 Å². The Morgan fingerprint density at radius 3 is 2.76 bits per heavy atom. The van der Waals surface area contributed by atoms with Gasteiger partial charge in [0.05, 0.1) is 6.54 Å². The molecule has 0 spiro atoms. The molecule has 0 bridgehead atoms. The number of nitrogens with zero attached hydrogens (tertiary/aromatic N) is 3. The number of H-pyrrole nitrogens is 1. The quantitative estimate of drug-likeness (QED) is 0.796. The Balaban J connectivity index is 1.98. The van der Waals surface area contributed by atoms with Crippen molar-refractivity contribution >= 4 is 0 Å². The fourth-order valence-corrected chi connectivity index (χ4v) is 1.83. The highest BCUT2D eigenvalue weighted by atomic mass is 15.5. The van der Waals surface area contributed by atoms with Gasteiger partial charge in [0.25, 0.3) is 0 Å². The smallest absolute Gasteiger partial charge is 0.188 e. The summed E-state index contributed by atoms with van der Waals surface area (Å²) in [6, 6.07) is 10.8. The summed E-state index contributed by atoms with van der Waals surface area (Å²) < 4.78 is 0. The van der Waals surface area contributed by atoms with Crippen LogP contribution in [0, 0.1) is 0 Å². The van der Waals surface area contributed by atoms with E-state index in [1.807, 2.05) is 6.07 Å². The van der Waals surface area contributed by atoms with Gasteiger partial charge in [-0.05, 0) is 12.0 Å². The molecule has 2 aromatic rings. The minimum atomic E-state index is 0.347. The molecule has 17 heavy (non-hydrogen) atoms. The minimum absolute atomic E-state index is 0.347. The molecule has 1 atom stereocenters. The summed E-state index contributed by atoms with van der Waals surface area (Å²) in [5.41, 5.74) is 1.30. The van der Waals surface area contributed by atoms with Crippen molar-refractivity contribution < 1.29 is 0 Å². The van der Waals surface area contributed by atoms with E-state index in [0.717, 1.165) is 12.8 Å². The van der Waals surface area contributed by atoms with E-state index >= 15 is 0 Å². The van der Waals surface area contributed by atoms with Gasteiger partial charge in [0.15, 0.2) is 5.82 Å². The molecule has 0 amide bonds. The predicted octanol–water partition coefficient (Wildman–Crippen LogP) is 1.83. The average Bonchev–Trinajstić information content (AvgIpc) is 2.88. The molecule has 0 aliphatic carbocycles. The van der Waals surface area contributed by atoms with Crippen molar-refractivity contribution in [3.63, 3.8) is 0 Å². The van der Waals surface area contributed by atoms with E-state index in [1.165, 1.54) is 5.56 Å². The second kappa shape index (κ2) is 6.10. The van der Waals surface area contributed by atoms with Gasteiger partial charge in [0.1, 0.15) is 0 Å². The zero-order valence-corrected chi connectivity index (χ0v) is 9.93. The summed E-state index contributed by atoms with van der Waals surface area (Å²) >= 11 is 0. The molecule has 2 N–H and O–H groups in total. The first-order valence-corrected chi connectivity index (χ1v) is 5.90. The summed E-state index contributed by atoms with van der Waals surface area (Å²) in [5.74, 6) is 0.696. The number of tetrazole rings is 1. The maximum Gasteiger partial charge on any atom is 0.188 e. The summed E-state index contributed by atoms with van der Waals surface area (Å²) in [4.78, 5) is 0. The Bertz CT molecular complexity index is 412. The topological polar surface area (TPSA) is 66.5 Å². The van der Waals surface area contributed by atoms with Crippen LogP contribution in [0.2, 0.25) is 0 Å². The number of aromatic amines is 1. The van der Waals surface area contributed by atoms with Gasteiger partial charge in [-0.15, -0.1) is 10.2 Å². The lowest BCUT2D eigenvalue weighted by atomic mass is 10.0. The van der Waals surface area contributed by atoms with Gasteiger partial charge >= 0.3 is 0 Å². The predicted molar refractivity (Wildman–Crippen MR) is 65.1 cm³/mol. The second-order valence-corrected chi connectivity index (χ2v) is 3.96. The van der Waals surface area contributed by atoms with E-state index in [-0.39, 0.29) is 0 Å². The van der Waals surface area contributed by atoms with E-state index in [1.54, 1.807) is 0 Å². The SMILES string of the molecule is CCCC(NCc1nn[nH]n1)c1ccccc1. The van der Waals surface area contributed by atoms with E-state index in [2.05, 4.69) is 57.1 Å². The Kier molecular flexibility index (Phi) is 4.21. The standard InChI is InChI=1S/C12H17N5/c1-2-6-11(10-7-4-3-5-8-10)13-9-12-14-16-17-15-12/h3-5,7-8,11,13H,2,6,9H2,1H3,(H,14,15,16,17). The normalized spacial score (nSPS) is 12.5. The van der Waals surface area contributed by atoms with Crippen molar-refractivity contribution in [2.45, 2.75) is 32.4 Å². The summed E-state index contributed by atoms with van der Waals surface area (Å²) in [7, 11) is 0. The van der Waals surface area contributed by atoms with Crippen LogP contribution in [0.15, 0.2) is 30.3 Å². The van der Waals surface area contributed by atoms with Crippen LogP contribution in [0.25, 0.3) is 0 Å². The first-order valence-electron chi connectivity index (χ1n) is 5.90. The third-order valence-corrected chi connectivity index (χ3v) is 2.68. The van der Waals surface area contributed by atoms with Crippen LogP contribution in [0.3, 0.4) is 0 Å². The van der Waals surface area contributed by atoms with E-state index in [4.69, 9.17) is 0 Å². The first-order chi connectivity index (χ1) is 8.40. The lowest BCUT2D eigenvalue weighted by molar-refractivity contribution is 0.485. The maximum atomic E-state index is 3.93. The Labute approximate surface area is 101 Å². The molecule has 0 saturated carbocycles. The molecular formula is C12H17N5. The average molecular weight is 231 g/mol. The zero-order valence-electron chi connectivity index (χ0n) is 9.93. The number of benzene rings is 1. The van der Waals surface area contributed by atoms with Gasteiger partial charge in [-0.1, -0.05) is 48.9 Å². The number of rotatable bonds is 6. The van der Waals surface area contributed by atoms with Gasteiger partial charge in [-0.3, -0.25) is 0 Å².